The minimum Gasteiger partial charge on any atom is -0.492 e. The lowest BCUT2D eigenvalue weighted by Crippen LogP contribution is -2.19. The van der Waals surface area contributed by atoms with Crippen LogP contribution >= 0.6 is 11.6 Å². The van der Waals surface area contributed by atoms with Gasteiger partial charge in [0, 0.05) is 103 Å². The molecule has 141 heavy (non-hydrogen) atoms. The van der Waals surface area contributed by atoms with Gasteiger partial charge >= 0.3 is 0 Å². The molecular weight excluding hydrogens is 1790 g/mol. The molecule has 15 nitrogen and oxygen atoms in total. The van der Waals surface area contributed by atoms with Gasteiger partial charge in [-0.1, -0.05) is 206 Å². The summed E-state index contributed by atoms with van der Waals surface area (Å²) in [6, 6.07) is 110. The van der Waals surface area contributed by atoms with E-state index in [0.29, 0.717) is 84.3 Å². The Morgan fingerprint density at radius 1 is 0.234 bits per heavy atom. The number of likely N-dealkylation sites (N-methyl/N-ethyl adjacent to an activating group) is 5. The van der Waals surface area contributed by atoms with Crippen LogP contribution in [0.5, 0.6) is 28.7 Å². The predicted octanol–water partition coefficient (Wildman–Crippen LogP) is 25.3. The number of ether oxygens (including phenoxy) is 5. The maximum absolute atomic E-state index is 13.6. The highest BCUT2D eigenvalue weighted by atomic mass is 35.5. The molecule has 0 bridgehead atoms. The van der Waals surface area contributed by atoms with Crippen LogP contribution in [0.2, 0.25) is 5.02 Å². The van der Waals surface area contributed by atoms with Crippen LogP contribution in [0.15, 0.2) is 358 Å². The smallest absolute Gasteiger partial charge is 0.167 e. The number of carbonyl (C=O) groups excluding carboxylic acids is 5. The van der Waals surface area contributed by atoms with Crippen molar-refractivity contribution in [3.8, 4) is 84.4 Å². The molecule has 0 saturated carbocycles. The summed E-state index contributed by atoms with van der Waals surface area (Å²) in [4.78, 5) is 74.3. The van der Waals surface area contributed by atoms with Crippen molar-refractivity contribution >= 4 is 40.5 Å². The number of hydrogen-bond acceptors (Lipinski definition) is 15. The van der Waals surface area contributed by atoms with E-state index in [1.807, 2.05) is 326 Å². The lowest BCUT2D eigenvalue weighted by atomic mass is 9.92. The summed E-state index contributed by atoms with van der Waals surface area (Å²) < 4.78 is 68.8. The zero-order valence-corrected chi connectivity index (χ0v) is 83.3. The Balaban J connectivity index is 0.000000168. The van der Waals surface area contributed by atoms with Gasteiger partial charge in [-0.25, -0.2) is 13.2 Å². The van der Waals surface area contributed by atoms with Gasteiger partial charge in [-0.05, 0) is 337 Å². The van der Waals surface area contributed by atoms with Gasteiger partial charge in [-0.3, -0.25) is 24.0 Å². The van der Waals surface area contributed by atoms with Gasteiger partial charge in [0.1, 0.15) is 79.2 Å². The fraction of sp³-hybridized carbons (Fsp3) is 0.221. The number of Topliss-reactive ketones (excluding diaryl/α,β-unsaturated/α-hetero) is 5. The molecular formula is C122H125ClF3N5O10. The van der Waals surface area contributed by atoms with Crippen LogP contribution in [0.4, 0.5) is 13.2 Å². The summed E-state index contributed by atoms with van der Waals surface area (Å²) in [7, 11) is 20.0. The first-order valence-corrected chi connectivity index (χ1v) is 47.5. The Morgan fingerprint density at radius 3 is 0.780 bits per heavy atom. The molecule has 0 amide bonds. The normalized spacial score (nSPS) is 10.9. The van der Waals surface area contributed by atoms with Gasteiger partial charge in [0.2, 0.25) is 0 Å². The van der Waals surface area contributed by atoms with E-state index in [1.165, 1.54) is 30.3 Å². The average Bonchev–Trinajstić information content (AvgIpc) is 0.772. The molecule has 15 aromatic carbocycles. The zero-order valence-electron chi connectivity index (χ0n) is 82.5. The lowest BCUT2D eigenvalue weighted by molar-refractivity contribution is 0.0985. The van der Waals surface area contributed by atoms with Crippen molar-refractivity contribution in [3.05, 3.63) is 447 Å². The zero-order chi connectivity index (χ0) is 101. The number of hydrogen-bond donors (Lipinski definition) is 0. The molecule has 0 atom stereocenters. The summed E-state index contributed by atoms with van der Waals surface area (Å²) in [6.45, 7) is 10.9. The van der Waals surface area contributed by atoms with E-state index in [0.717, 1.165) is 150 Å². The minimum absolute atomic E-state index is 0.0365. The van der Waals surface area contributed by atoms with E-state index < -0.39 is 0 Å². The van der Waals surface area contributed by atoms with E-state index in [-0.39, 0.29) is 65.6 Å². The Morgan fingerprint density at radius 2 is 0.482 bits per heavy atom. The van der Waals surface area contributed by atoms with Gasteiger partial charge in [0.05, 0.1) is 0 Å². The molecule has 726 valence electrons. The van der Waals surface area contributed by atoms with Crippen LogP contribution in [-0.4, -0.2) is 190 Å². The number of ketones is 5. The Labute approximate surface area is 834 Å². The van der Waals surface area contributed by atoms with Crippen molar-refractivity contribution in [1.29, 1.82) is 0 Å². The average molecular weight is 1910 g/mol. The van der Waals surface area contributed by atoms with Gasteiger partial charge in [-0.2, -0.15) is 0 Å². The maximum Gasteiger partial charge on any atom is 0.167 e. The summed E-state index contributed by atoms with van der Waals surface area (Å²) in [6.07, 6.45) is 1.56. The molecule has 0 fully saturated rings. The van der Waals surface area contributed by atoms with Crippen LogP contribution in [0, 0.1) is 31.3 Å². The molecule has 0 radical (unpaired) electrons. The highest BCUT2D eigenvalue weighted by Gasteiger charge is 2.20. The Bertz CT molecular complexity index is 6520. The number of aryl methyl sites for hydroxylation is 2. The third-order valence-electron chi connectivity index (χ3n) is 23.1. The fourth-order valence-corrected chi connectivity index (χ4v) is 15.4. The van der Waals surface area contributed by atoms with E-state index in [1.54, 1.807) is 67.6 Å². The molecule has 0 spiro atoms. The third-order valence-corrected chi connectivity index (χ3v) is 23.4. The molecule has 15 rings (SSSR count). The summed E-state index contributed by atoms with van der Waals surface area (Å²) >= 11 is 6.36. The topological polar surface area (TPSA) is 148 Å². The molecule has 0 aliphatic rings. The number of benzene rings is 15. The SMILES string of the molecule is CN(C)CCOc1ccc(C(=O)Cc2ccccc2-c2ccc(F)cc2)cc1.CN(C)CCOc1ccc(C(=O)Cc2ccccc2-c2ccccc2)cc1.CN(C)CCOc1ccc(C(=O)Cc2ccccc2-c2ccccc2Cl)cc1.Cc1cc(-c2ccccc2CC(=O)c2ccc(OCCN(C)C)cc2)ccc1F.Cc1cc(F)ccc1-c1ccccc1CC(=O)c1ccc(OCCN(C)C)cc1. The number of rotatable bonds is 40. The first-order chi connectivity index (χ1) is 68.1. The predicted molar refractivity (Wildman–Crippen MR) is 566 cm³/mol. The highest BCUT2D eigenvalue weighted by molar-refractivity contribution is 6.33. The van der Waals surface area contributed by atoms with E-state index >= 15 is 0 Å². The number of halogens is 4. The standard InChI is InChI=1S/2C25H26FNO2.C24H24ClNO2.C24H24FNO2.C24H25NO2/c1-18-16-21(26)10-13-23(18)24-7-5-4-6-20(24)17-25(28)19-8-11-22(12-9-19)29-15-14-27(2)3;1-18-16-21(10-13-24(18)26)23-7-5-4-6-20(23)17-25(28)19-8-11-22(12-9-19)29-15-14-27(2)3;1-26(2)15-16-28-20-13-11-18(12-14-20)24(27)17-19-7-3-4-8-21(19)22-9-5-6-10-23(22)25;1-26(2)15-16-28-22-13-9-19(10-14-22)24(27)17-20-5-3-4-6-23(20)18-7-11-21(25)12-8-18;1-25(2)16-17-27-22-14-12-20(13-15-22)24(26)18-21-10-6-7-11-23(21)19-8-4-3-5-9-19/h2*4-13,16H,14-15,17H2,1-3H3;2*3-14H,15-17H2,1-2H3;3-15H,16-18H2,1-2H3. The minimum atomic E-state index is -0.273. The maximum atomic E-state index is 13.6. The van der Waals surface area contributed by atoms with Crippen LogP contribution in [0.3, 0.4) is 0 Å². The molecule has 0 aliphatic heterocycles. The molecule has 0 unspecified atom stereocenters. The Hall–Kier alpha value is -14.5. The first kappa shape index (κ1) is 107. The summed E-state index contributed by atoms with van der Waals surface area (Å²) in [5.74, 6) is 3.36. The molecule has 0 aliphatic carbocycles. The first-order valence-electron chi connectivity index (χ1n) is 47.1. The Kier molecular flexibility index (Phi) is 42.0. The van der Waals surface area contributed by atoms with Crippen molar-refractivity contribution in [2.75, 3.05) is 136 Å². The highest BCUT2D eigenvalue weighted by Crippen LogP contribution is 2.35. The molecule has 0 saturated heterocycles. The van der Waals surface area contributed by atoms with Crippen molar-refractivity contribution in [3.63, 3.8) is 0 Å². The molecule has 0 aromatic heterocycles. The van der Waals surface area contributed by atoms with Gasteiger partial charge < -0.3 is 48.2 Å². The molecule has 0 N–H and O–H groups in total. The fourth-order valence-electron chi connectivity index (χ4n) is 15.2. The van der Waals surface area contributed by atoms with Crippen molar-refractivity contribution in [2.45, 2.75) is 46.0 Å². The van der Waals surface area contributed by atoms with Crippen molar-refractivity contribution < 1.29 is 60.8 Å². The van der Waals surface area contributed by atoms with Gasteiger partial charge in [-0.15, -0.1) is 0 Å². The molecule has 15 aromatic rings. The largest absolute Gasteiger partial charge is 0.492 e. The number of nitrogens with zero attached hydrogens (tertiary/aromatic N) is 5. The lowest BCUT2D eigenvalue weighted by Gasteiger charge is -2.13. The summed E-state index contributed by atoms with van der Waals surface area (Å²) in [5.41, 5.74) is 19.3. The van der Waals surface area contributed by atoms with Gasteiger partial charge in [0.15, 0.2) is 28.9 Å². The van der Waals surface area contributed by atoms with E-state index in [2.05, 4.69) is 42.7 Å². The second-order valence-electron chi connectivity index (χ2n) is 35.4. The monoisotopic (exact) mass is 1910 g/mol. The van der Waals surface area contributed by atoms with Crippen LogP contribution in [0.1, 0.15) is 90.7 Å². The molecule has 19 heteroatoms. The van der Waals surface area contributed by atoms with Crippen LogP contribution in [-0.2, 0) is 32.1 Å². The van der Waals surface area contributed by atoms with E-state index in [4.69, 9.17) is 35.3 Å². The quantitative estimate of drug-likeness (QED) is 0.0335. The van der Waals surface area contributed by atoms with Crippen molar-refractivity contribution in [2.24, 2.45) is 0 Å². The van der Waals surface area contributed by atoms with E-state index in [9.17, 15) is 37.1 Å². The van der Waals surface area contributed by atoms with Crippen LogP contribution in [0.25, 0.3) is 55.6 Å². The third kappa shape index (κ3) is 34.5. The second kappa shape index (κ2) is 55.4. The second-order valence-corrected chi connectivity index (χ2v) is 35.8. The van der Waals surface area contributed by atoms with Crippen LogP contribution < -0.4 is 23.7 Å². The molecule has 0 heterocycles. The van der Waals surface area contributed by atoms with Gasteiger partial charge in [0.25, 0.3) is 0 Å². The number of carbonyl (C=O) groups is 5. The van der Waals surface area contributed by atoms with Crippen molar-refractivity contribution in [1.82, 2.24) is 24.5 Å². The summed E-state index contributed by atoms with van der Waals surface area (Å²) in [5, 5.41) is 0.682.